The number of aldehydes is 1. The lowest BCUT2D eigenvalue weighted by atomic mass is 10.1. The lowest BCUT2D eigenvalue weighted by molar-refractivity contribution is 0.0930. The van der Waals surface area contributed by atoms with Crippen molar-refractivity contribution in [3.63, 3.8) is 0 Å². The number of nitrogens with zero attached hydrogens (tertiary/aromatic N) is 1. The third-order valence-corrected chi connectivity index (χ3v) is 3.41. The minimum atomic E-state index is 0.449. The second-order valence-electron chi connectivity index (χ2n) is 4.49. The van der Waals surface area contributed by atoms with Gasteiger partial charge in [-0.2, -0.15) is 0 Å². The zero-order valence-electron chi connectivity index (χ0n) is 10.5. The molecule has 0 aromatic heterocycles. The Bertz CT molecular complexity index is 403. The topological polar surface area (TPSA) is 29.5 Å². The van der Waals surface area contributed by atoms with E-state index in [4.69, 9.17) is 4.74 Å². The molecule has 1 fully saturated rings. The number of hydrogen-bond acceptors (Lipinski definition) is 3. The number of morpholine rings is 1. The number of anilines is 1. The molecule has 2 rings (SSSR count). The Hall–Kier alpha value is -1.35. The van der Waals surface area contributed by atoms with Crippen molar-refractivity contribution in [1.82, 2.24) is 0 Å². The molecule has 3 heteroatoms. The molecule has 1 unspecified atom stereocenters. The summed E-state index contributed by atoms with van der Waals surface area (Å²) in [6, 6.07) is 6.48. The van der Waals surface area contributed by atoms with Crippen molar-refractivity contribution in [3.8, 4) is 0 Å². The van der Waals surface area contributed by atoms with E-state index in [-0.39, 0.29) is 0 Å². The summed E-state index contributed by atoms with van der Waals surface area (Å²) in [5.74, 6) is 0. The molecule has 3 nitrogen and oxygen atoms in total. The Morgan fingerprint density at radius 1 is 1.53 bits per heavy atom. The summed E-state index contributed by atoms with van der Waals surface area (Å²) in [5, 5.41) is 0. The molecule has 1 saturated heterocycles. The zero-order chi connectivity index (χ0) is 12.3. The van der Waals surface area contributed by atoms with Gasteiger partial charge in [0.15, 0.2) is 0 Å². The van der Waals surface area contributed by atoms with Crippen LogP contribution in [0.15, 0.2) is 18.2 Å². The summed E-state index contributed by atoms with van der Waals surface area (Å²) in [4.78, 5) is 13.2. The normalized spacial score (nSPS) is 20.4. The van der Waals surface area contributed by atoms with Crippen LogP contribution in [0.4, 0.5) is 5.69 Å². The van der Waals surface area contributed by atoms with Gasteiger partial charge < -0.3 is 9.64 Å². The quantitative estimate of drug-likeness (QED) is 0.751. The van der Waals surface area contributed by atoms with Crippen LogP contribution >= 0.6 is 0 Å². The van der Waals surface area contributed by atoms with Gasteiger partial charge in [-0.3, -0.25) is 4.79 Å². The molecule has 1 heterocycles. The predicted molar refractivity (Wildman–Crippen MR) is 68.8 cm³/mol. The first kappa shape index (κ1) is 12.1. The molecule has 1 aromatic carbocycles. The molecular formula is C14H19NO2. The Labute approximate surface area is 102 Å². The molecule has 0 aliphatic carbocycles. The largest absolute Gasteiger partial charge is 0.377 e. The maximum Gasteiger partial charge on any atom is 0.150 e. The Kier molecular flexibility index (Phi) is 3.79. The van der Waals surface area contributed by atoms with Crippen molar-refractivity contribution in [2.45, 2.75) is 26.3 Å². The minimum Gasteiger partial charge on any atom is -0.377 e. The second kappa shape index (κ2) is 5.32. The molecule has 1 aromatic rings. The van der Waals surface area contributed by atoms with Crippen molar-refractivity contribution in [2.24, 2.45) is 0 Å². The average molecular weight is 233 g/mol. The van der Waals surface area contributed by atoms with Gasteiger partial charge in [-0.15, -0.1) is 0 Å². The van der Waals surface area contributed by atoms with Gasteiger partial charge in [-0.1, -0.05) is 6.92 Å². The molecule has 1 aliphatic heterocycles. The van der Waals surface area contributed by atoms with Crippen LogP contribution in [0.3, 0.4) is 0 Å². The monoisotopic (exact) mass is 233 g/mol. The molecular weight excluding hydrogens is 214 g/mol. The number of hydrogen-bond donors (Lipinski definition) is 0. The van der Waals surface area contributed by atoms with Gasteiger partial charge in [0.1, 0.15) is 6.29 Å². The highest BCUT2D eigenvalue weighted by Gasteiger charge is 2.21. The smallest absolute Gasteiger partial charge is 0.150 e. The van der Waals surface area contributed by atoms with Gasteiger partial charge in [0.05, 0.1) is 19.3 Å². The third kappa shape index (κ3) is 2.50. The van der Waals surface area contributed by atoms with E-state index < -0.39 is 0 Å². The van der Waals surface area contributed by atoms with Gasteiger partial charge in [0.2, 0.25) is 0 Å². The molecule has 0 spiro atoms. The molecule has 0 radical (unpaired) electrons. The summed E-state index contributed by atoms with van der Waals surface area (Å²) in [6.07, 6.45) is 1.99. The van der Waals surface area contributed by atoms with Crippen LogP contribution in [0.25, 0.3) is 0 Å². The van der Waals surface area contributed by atoms with Crippen molar-refractivity contribution in [3.05, 3.63) is 29.3 Å². The molecule has 1 aliphatic rings. The molecule has 1 atom stereocenters. The van der Waals surface area contributed by atoms with Crippen LogP contribution in [-0.4, -0.2) is 32.1 Å². The van der Waals surface area contributed by atoms with Crippen molar-refractivity contribution < 1.29 is 9.53 Å². The van der Waals surface area contributed by atoms with Crippen molar-refractivity contribution >= 4 is 12.0 Å². The maximum atomic E-state index is 10.8. The van der Waals surface area contributed by atoms with E-state index in [1.807, 2.05) is 19.1 Å². The fraction of sp³-hybridized carbons (Fsp3) is 0.500. The highest BCUT2D eigenvalue weighted by molar-refractivity contribution is 5.78. The number of carbonyl (C=O) groups excluding carboxylic acids is 1. The van der Waals surface area contributed by atoms with Crippen molar-refractivity contribution in [1.29, 1.82) is 0 Å². The number of carbonyl (C=O) groups is 1. The summed E-state index contributed by atoms with van der Waals surface area (Å²) < 4.78 is 5.50. The Morgan fingerprint density at radius 2 is 2.35 bits per heavy atom. The zero-order valence-corrected chi connectivity index (χ0v) is 10.5. The van der Waals surface area contributed by atoms with Crippen LogP contribution in [0.1, 0.15) is 29.3 Å². The van der Waals surface area contributed by atoms with Gasteiger partial charge in [0.25, 0.3) is 0 Å². The molecule has 0 saturated carbocycles. The highest BCUT2D eigenvalue weighted by Crippen LogP contribution is 2.23. The van der Waals surface area contributed by atoms with Gasteiger partial charge in [-0.25, -0.2) is 0 Å². The summed E-state index contributed by atoms with van der Waals surface area (Å²) in [7, 11) is 0. The second-order valence-corrected chi connectivity index (χ2v) is 4.49. The molecule has 17 heavy (non-hydrogen) atoms. The number of benzene rings is 1. The first-order chi connectivity index (χ1) is 8.26. The highest BCUT2D eigenvalue weighted by atomic mass is 16.5. The molecule has 0 amide bonds. The van der Waals surface area contributed by atoms with E-state index in [1.54, 1.807) is 0 Å². The predicted octanol–water partition coefficient (Wildman–Crippen LogP) is 2.42. The van der Waals surface area contributed by atoms with E-state index in [2.05, 4.69) is 17.9 Å². The summed E-state index contributed by atoms with van der Waals surface area (Å²) >= 11 is 0. The number of aryl methyl sites for hydroxylation is 1. The van der Waals surface area contributed by atoms with Gasteiger partial charge in [0, 0.05) is 17.8 Å². The third-order valence-electron chi connectivity index (χ3n) is 3.41. The standard InChI is InChI=1S/C14H19NO2/c1-3-13-10-17-7-6-15(13)14-5-4-12(9-16)11(2)8-14/h4-5,8-9,13H,3,6-7,10H2,1-2H3. The fourth-order valence-electron chi connectivity index (χ4n) is 2.30. The SMILES string of the molecule is CCC1COCCN1c1ccc(C=O)c(C)c1. The van der Waals surface area contributed by atoms with E-state index in [1.165, 1.54) is 5.69 Å². The van der Waals surface area contributed by atoms with E-state index >= 15 is 0 Å². The van der Waals surface area contributed by atoms with Gasteiger partial charge in [-0.05, 0) is 37.1 Å². The van der Waals surface area contributed by atoms with Crippen LogP contribution in [0.2, 0.25) is 0 Å². The van der Waals surface area contributed by atoms with E-state index in [9.17, 15) is 4.79 Å². The maximum absolute atomic E-state index is 10.8. The van der Waals surface area contributed by atoms with E-state index in [0.29, 0.717) is 6.04 Å². The summed E-state index contributed by atoms with van der Waals surface area (Å²) in [5.41, 5.74) is 3.01. The van der Waals surface area contributed by atoms with Crippen LogP contribution in [0.5, 0.6) is 0 Å². The van der Waals surface area contributed by atoms with Crippen molar-refractivity contribution in [2.75, 3.05) is 24.7 Å². The lowest BCUT2D eigenvalue weighted by Crippen LogP contribution is -2.45. The molecule has 92 valence electrons. The first-order valence-electron chi connectivity index (χ1n) is 6.16. The van der Waals surface area contributed by atoms with Crippen LogP contribution < -0.4 is 4.90 Å². The number of rotatable bonds is 3. The minimum absolute atomic E-state index is 0.449. The average Bonchev–Trinajstić information content (AvgIpc) is 2.38. The Morgan fingerprint density at radius 3 is 3.00 bits per heavy atom. The van der Waals surface area contributed by atoms with Crippen LogP contribution in [-0.2, 0) is 4.74 Å². The summed E-state index contributed by atoms with van der Waals surface area (Å²) in [6.45, 7) is 6.67. The Balaban J connectivity index is 2.25. The van der Waals surface area contributed by atoms with Gasteiger partial charge >= 0.3 is 0 Å². The fourth-order valence-corrected chi connectivity index (χ4v) is 2.30. The van der Waals surface area contributed by atoms with E-state index in [0.717, 1.165) is 43.6 Å². The number of ether oxygens (including phenoxy) is 1. The lowest BCUT2D eigenvalue weighted by Gasteiger charge is -2.37. The van der Waals surface area contributed by atoms with Crippen LogP contribution in [0, 0.1) is 6.92 Å². The molecule has 0 bridgehead atoms. The molecule has 0 N–H and O–H groups in total. The first-order valence-corrected chi connectivity index (χ1v) is 6.16.